The van der Waals surface area contributed by atoms with E-state index in [1.165, 1.54) is 18.2 Å². The minimum Gasteiger partial charge on any atom is -0.508 e. The van der Waals surface area contributed by atoms with Crippen molar-refractivity contribution in [2.45, 2.75) is 29.8 Å². The second-order valence-corrected chi connectivity index (χ2v) is 6.74. The molecule has 1 aromatic carbocycles. The largest absolute Gasteiger partial charge is 0.508 e. The molecule has 0 saturated carbocycles. The van der Waals surface area contributed by atoms with Crippen molar-refractivity contribution >= 4 is 35.5 Å². The van der Waals surface area contributed by atoms with E-state index in [1.807, 2.05) is 0 Å². The summed E-state index contributed by atoms with van der Waals surface area (Å²) in [6.07, 6.45) is -0.399. The molecule has 2 amide bonds. The number of aromatic hydroxyl groups is 2. The molecule has 0 bridgehead atoms. The summed E-state index contributed by atoms with van der Waals surface area (Å²) in [7, 11) is 0. The Labute approximate surface area is 163 Å². The van der Waals surface area contributed by atoms with Gasteiger partial charge in [0.2, 0.25) is 11.8 Å². The van der Waals surface area contributed by atoms with Gasteiger partial charge in [-0.3, -0.25) is 19.2 Å². The first-order valence-electron chi connectivity index (χ1n) is 8.02. The number of hydrogen-bond acceptors (Lipinski definition) is 8. The van der Waals surface area contributed by atoms with Crippen LogP contribution < -0.4 is 16.4 Å². The van der Waals surface area contributed by atoms with Crippen LogP contribution >= 0.6 is 11.8 Å². The molecule has 1 rings (SSSR count). The third-order valence-corrected chi connectivity index (χ3v) is 4.55. The molecule has 0 heterocycles. The maximum Gasteiger partial charge on any atom is 0.322 e. The Balaban J connectivity index is 2.76. The molecule has 0 fully saturated rings. The van der Waals surface area contributed by atoms with Gasteiger partial charge in [0, 0.05) is 12.2 Å². The number of amides is 2. The normalized spacial score (nSPS) is 12.6. The molecule has 12 heteroatoms. The minimum absolute atomic E-state index is 0.0841. The van der Waals surface area contributed by atoms with Crippen LogP contribution in [-0.2, 0) is 19.2 Å². The zero-order valence-electron chi connectivity index (χ0n) is 14.6. The predicted octanol–water partition coefficient (Wildman–Crippen LogP) is -0.932. The Kier molecular flexibility index (Phi) is 9.05. The number of carbonyl (C=O) groups is 4. The van der Waals surface area contributed by atoms with Crippen LogP contribution in [0.5, 0.6) is 11.5 Å². The van der Waals surface area contributed by atoms with Gasteiger partial charge in [0.1, 0.15) is 30.1 Å². The number of aliphatic carboxylic acids is 2. The van der Waals surface area contributed by atoms with Gasteiger partial charge in [0.25, 0.3) is 0 Å². The highest BCUT2D eigenvalue weighted by Gasteiger charge is 2.23. The van der Waals surface area contributed by atoms with E-state index in [9.17, 15) is 29.4 Å². The number of carbonyl (C=O) groups excluding carboxylic acids is 2. The van der Waals surface area contributed by atoms with Crippen LogP contribution in [-0.4, -0.2) is 68.6 Å². The Morgan fingerprint density at radius 1 is 1.14 bits per heavy atom. The molecule has 11 nitrogen and oxygen atoms in total. The van der Waals surface area contributed by atoms with Gasteiger partial charge in [0.15, 0.2) is 0 Å². The molecule has 0 aliphatic rings. The van der Waals surface area contributed by atoms with E-state index >= 15 is 0 Å². The van der Waals surface area contributed by atoms with Crippen LogP contribution in [0.2, 0.25) is 0 Å². The van der Waals surface area contributed by atoms with E-state index in [4.69, 9.17) is 15.9 Å². The van der Waals surface area contributed by atoms with Crippen molar-refractivity contribution in [2.24, 2.45) is 5.73 Å². The van der Waals surface area contributed by atoms with Crippen molar-refractivity contribution in [3.05, 3.63) is 18.2 Å². The van der Waals surface area contributed by atoms with E-state index in [0.29, 0.717) is 0 Å². The number of phenolic OH excluding ortho intramolecular Hbond substituents is 2. The molecular formula is C16H21N3O8S. The third kappa shape index (κ3) is 8.14. The number of nitrogens with one attached hydrogen (secondary N) is 2. The number of rotatable bonds is 11. The van der Waals surface area contributed by atoms with Crippen LogP contribution in [0.3, 0.4) is 0 Å². The summed E-state index contributed by atoms with van der Waals surface area (Å²) in [4.78, 5) is 45.7. The van der Waals surface area contributed by atoms with Gasteiger partial charge in [-0.2, -0.15) is 0 Å². The summed E-state index contributed by atoms with van der Waals surface area (Å²) in [5.74, 6) is -4.30. The highest BCUT2D eigenvalue weighted by atomic mass is 32.2. The summed E-state index contributed by atoms with van der Waals surface area (Å²) in [5, 5.41) is 41.1. The number of carboxylic acid groups (broad SMARTS) is 2. The van der Waals surface area contributed by atoms with E-state index in [0.717, 1.165) is 11.8 Å². The fourth-order valence-corrected chi connectivity index (χ4v) is 2.94. The van der Waals surface area contributed by atoms with Gasteiger partial charge in [-0.1, -0.05) is 0 Å². The molecule has 0 radical (unpaired) electrons. The summed E-state index contributed by atoms with van der Waals surface area (Å²) >= 11 is 0.951. The van der Waals surface area contributed by atoms with Gasteiger partial charge in [-0.25, -0.2) is 0 Å². The second-order valence-electron chi connectivity index (χ2n) is 5.68. The lowest BCUT2D eigenvalue weighted by molar-refractivity contribution is -0.139. The van der Waals surface area contributed by atoms with Gasteiger partial charge < -0.3 is 36.8 Å². The average Bonchev–Trinajstić information content (AvgIpc) is 2.63. The molecular weight excluding hydrogens is 394 g/mol. The average molecular weight is 415 g/mol. The topological polar surface area (TPSA) is 199 Å². The summed E-state index contributed by atoms with van der Waals surface area (Å²) in [6.45, 7) is -0.656. The van der Waals surface area contributed by atoms with Crippen molar-refractivity contribution in [2.75, 3.05) is 12.3 Å². The predicted molar refractivity (Wildman–Crippen MR) is 97.9 cm³/mol. The van der Waals surface area contributed by atoms with Crippen molar-refractivity contribution in [1.82, 2.24) is 10.6 Å². The molecule has 0 aliphatic carbocycles. The van der Waals surface area contributed by atoms with Crippen molar-refractivity contribution < 1.29 is 39.6 Å². The molecule has 0 saturated heterocycles. The quantitative estimate of drug-likeness (QED) is 0.175. The van der Waals surface area contributed by atoms with Gasteiger partial charge >= 0.3 is 11.9 Å². The van der Waals surface area contributed by atoms with Crippen molar-refractivity contribution in [3.63, 3.8) is 0 Å². The van der Waals surface area contributed by atoms with Crippen LogP contribution in [0.1, 0.15) is 12.8 Å². The minimum atomic E-state index is -1.27. The molecule has 0 aliphatic heterocycles. The fourth-order valence-electron chi connectivity index (χ4n) is 1.94. The lowest BCUT2D eigenvalue weighted by Crippen LogP contribution is -2.49. The highest BCUT2D eigenvalue weighted by Crippen LogP contribution is 2.31. The summed E-state index contributed by atoms with van der Waals surface area (Å²) in [5.41, 5.74) is 5.32. The first-order chi connectivity index (χ1) is 13.1. The number of nitrogens with two attached hydrogens (primary N) is 1. The van der Waals surface area contributed by atoms with Crippen LogP contribution in [0.25, 0.3) is 0 Å². The summed E-state index contributed by atoms with van der Waals surface area (Å²) < 4.78 is 0. The lowest BCUT2D eigenvalue weighted by Gasteiger charge is -2.18. The summed E-state index contributed by atoms with van der Waals surface area (Å²) in [6, 6.07) is 1.38. The Morgan fingerprint density at radius 2 is 1.82 bits per heavy atom. The Hall–Kier alpha value is -2.99. The van der Waals surface area contributed by atoms with Gasteiger partial charge in [-0.05, 0) is 24.6 Å². The molecule has 2 unspecified atom stereocenters. The fraction of sp³-hybridized carbons (Fsp3) is 0.375. The zero-order valence-corrected chi connectivity index (χ0v) is 15.4. The zero-order chi connectivity index (χ0) is 21.3. The van der Waals surface area contributed by atoms with E-state index in [1.54, 1.807) is 0 Å². The number of carboxylic acids is 2. The molecule has 154 valence electrons. The van der Waals surface area contributed by atoms with Gasteiger partial charge in [0.05, 0.1) is 4.90 Å². The highest BCUT2D eigenvalue weighted by molar-refractivity contribution is 7.99. The Bertz CT molecular complexity index is 743. The molecule has 2 atom stereocenters. The van der Waals surface area contributed by atoms with Crippen molar-refractivity contribution in [3.8, 4) is 11.5 Å². The molecule has 0 spiro atoms. The van der Waals surface area contributed by atoms with E-state index in [-0.39, 0.29) is 35.0 Å². The van der Waals surface area contributed by atoms with Crippen LogP contribution in [0.15, 0.2) is 23.1 Å². The molecule has 8 N–H and O–H groups in total. The lowest BCUT2D eigenvalue weighted by atomic mass is 10.1. The second kappa shape index (κ2) is 11.0. The smallest absolute Gasteiger partial charge is 0.322 e. The Morgan fingerprint density at radius 3 is 2.43 bits per heavy atom. The number of benzene rings is 1. The first kappa shape index (κ1) is 23.0. The standard InChI is InChI=1S/C16H21N3O8S/c17-9(16(26)27)2-4-13(22)19-10(15(25)18-6-14(23)24)7-28-12-5-8(20)1-3-11(12)21/h1,3,5,9-10,20-21H,2,4,6-7,17H2,(H,18,25)(H,19,22)(H,23,24)(H,26,27). The van der Waals surface area contributed by atoms with Crippen LogP contribution in [0.4, 0.5) is 0 Å². The van der Waals surface area contributed by atoms with Gasteiger partial charge in [-0.15, -0.1) is 11.8 Å². The third-order valence-electron chi connectivity index (χ3n) is 3.41. The molecule has 1 aromatic rings. The van der Waals surface area contributed by atoms with E-state index < -0.39 is 42.4 Å². The maximum absolute atomic E-state index is 12.2. The van der Waals surface area contributed by atoms with Crippen LogP contribution in [0, 0.1) is 0 Å². The number of thioether (sulfide) groups is 1. The number of hydrogen-bond donors (Lipinski definition) is 7. The SMILES string of the molecule is NC(CCC(=O)NC(CSc1cc(O)ccc1O)C(=O)NCC(=O)O)C(=O)O. The van der Waals surface area contributed by atoms with Crippen molar-refractivity contribution in [1.29, 1.82) is 0 Å². The number of phenols is 2. The molecule has 0 aromatic heterocycles. The first-order valence-corrected chi connectivity index (χ1v) is 9.00. The van der Waals surface area contributed by atoms with E-state index in [2.05, 4.69) is 10.6 Å². The molecule has 28 heavy (non-hydrogen) atoms. The monoisotopic (exact) mass is 415 g/mol. The maximum atomic E-state index is 12.2.